The fourth-order valence-corrected chi connectivity index (χ4v) is 3.23. The third-order valence-electron chi connectivity index (χ3n) is 5.28. The second-order valence-electron chi connectivity index (χ2n) is 11.8. The number of amides is 4. The maximum atomic E-state index is 12.8. The fourth-order valence-electron chi connectivity index (χ4n) is 3.23. The van der Waals surface area contributed by atoms with Crippen molar-refractivity contribution in [2.24, 2.45) is 16.7 Å². The summed E-state index contributed by atoms with van der Waals surface area (Å²) in [4.78, 5) is 51.4. The van der Waals surface area contributed by atoms with Crippen molar-refractivity contribution >= 4 is 29.5 Å². The average molecular weight is 505 g/mol. The van der Waals surface area contributed by atoms with E-state index in [1.807, 2.05) is 34.6 Å². The number of hydrogen-bond acceptors (Lipinski definition) is 5. The van der Waals surface area contributed by atoms with Gasteiger partial charge >= 0.3 is 6.09 Å². The van der Waals surface area contributed by atoms with E-state index in [4.69, 9.17) is 4.74 Å². The standard InChI is InChI=1S/C27H44N4O5/c1-17(2)21(30-24(34)27(7,8)9)23(33)28-18(3)22(32)29-20-13-11-19(12-14-20)15-36-25(35)31(10)16-26(4,5)6/h11-14,17-18,21H,15-16H2,1-10H3,(H,28,33)(H,29,32)(H,30,34)/t18-,21-/m0/s1. The van der Waals surface area contributed by atoms with E-state index in [9.17, 15) is 19.2 Å². The molecule has 9 nitrogen and oxygen atoms in total. The molecule has 36 heavy (non-hydrogen) atoms. The summed E-state index contributed by atoms with van der Waals surface area (Å²) >= 11 is 0. The molecule has 0 aliphatic heterocycles. The van der Waals surface area contributed by atoms with Gasteiger partial charge in [0, 0.05) is 24.7 Å². The minimum absolute atomic E-state index is 0.0275. The molecule has 3 N–H and O–H groups in total. The zero-order valence-electron chi connectivity index (χ0n) is 23.4. The molecule has 0 saturated heterocycles. The molecule has 0 unspecified atom stereocenters. The topological polar surface area (TPSA) is 117 Å². The van der Waals surface area contributed by atoms with Crippen LogP contribution >= 0.6 is 0 Å². The second kappa shape index (κ2) is 12.7. The Morgan fingerprint density at radius 3 is 1.92 bits per heavy atom. The number of ether oxygens (including phenoxy) is 1. The Balaban J connectivity index is 2.64. The van der Waals surface area contributed by atoms with Crippen LogP contribution in [0.25, 0.3) is 0 Å². The highest BCUT2D eigenvalue weighted by Gasteiger charge is 2.31. The van der Waals surface area contributed by atoms with Crippen LogP contribution in [0.5, 0.6) is 0 Å². The Hall–Kier alpha value is -3.10. The van der Waals surface area contributed by atoms with Crippen molar-refractivity contribution in [2.45, 2.75) is 81.0 Å². The van der Waals surface area contributed by atoms with Gasteiger partial charge in [-0.25, -0.2) is 4.79 Å². The van der Waals surface area contributed by atoms with Gasteiger partial charge in [0.05, 0.1) is 0 Å². The van der Waals surface area contributed by atoms with E-state index in [1.165, 1.54) is 0 Å². The van der Waals surface area contributed by atoms with E-state index >= 15 is 0 Å². The summed E-state index contributed by atoms with van der Waals surface area (Å²) in [6.45, 7) is 17.4. The molecular weight excluding hydrogens is 460 g/mol. The molecule has 9 heteroatoms. The molecule has 2 atom stereocenters. The largest absolute Gasteiger partial charge is 0.445 e. The van der Waals surface area contributed by atoms with Gasteiger partial charge < -0.3 is 25.6 Å². The van der Waals surface area contributed by atoms with Crippen molar-refractivity contribution in [2.75, 3.05) is 18.9 Å². The van der Waals surface area contributed by atoms with Crippen molar-refractivity contribution in [1.82, 2.24) is 15.5 Å². The molecule has 0 aromatic heterocycles. The summed E-state index contributed by atoms with van der Waals surface area (Å²) in [5.74, 6) is -1.20. The number of hydrogen-bond donors (Lipinski definition) is 3. The van der Waals surface area contributed by atoms with Gasteiger partial charge in [-0.15, -0.1) is 0 Å². The predicted octanol–water partition coefficient (Wildman–Crippen LogP) is 3.93. The summed E-state index contributed by atoms with van der Waals surface area (Å²) in [7, 11) is 1.70. The highest BCUT2D eigenvalue weighted by Crippen LogP contribution is 2.16. The van der Waals surface area contributed by atoms with Crippen LogP contribution in [-0.4, -0.2) is 54.4 Å². The lowest BCUT2D eigenvalue weighted by atomic mass is 9.93. The van der Waals surface area contributed by atoms with Crippen LogP contribution in [0, 0.1) is 16.7 Å². The molecule has 0 radical (unpaired) electrons. The van der Waals surface area contributed by atoms with Gasteiger partial charge in [0.15, 0.2) is 0 Å². The lowest BCUT2D eigenvalue weighted by Crippen LogP contribution is -2.55. The van der Waals surface area contributed by atoms with Crippen molar-refractivity contribution < 1.29 is 23.9 Å². The third-order valence-corrected chi connectivity index (χ3v) is 5.28. The smallest absolute Gasteiger partial charge is 0.409 e. The van der Waals surface area contributed by atoms with Gasteiger partial charge in [-0.05, 0) is 36.0 Å². The van der Waals surface area contributed by atoms with Crippen molar-refractivity contribution in [3.05, 3.63) is 29.8 Å². The first-order chi connectivity index (χ1) is 16.4. The van der Waals surface area contributed by atoms with Crippen molar-refractivity contribution in [3.63, 3.8) is 0 Å². The van der Waals surface area contributed by atoms with E-state index in [1.54, 1.807) is 63.9 Å². The van der Waals surface area contributed by atoms with Gasteiger partial charge in [-0.1, -0.05) is 67.5 Å². The van der Waals surface area contributed by atoms with Gasteiger partial charge in [0.1, 0.15) is 18.7 Å². The molecule has 1 rings (SSSR count). The van der Waals surface area contributed by atoms with Gasteiger partial charge in [0.2, 0.25) is 17.7 Å². The Morgan fingerprint density at radius 2 is 1.44 bits per heavy atom. The SMILES string of the molecule is CC(C)[C@H](NC(=O)C(C)(C)C)C(=O)N[C@@H](C)C(=O)Nc1ccc(COC(=O)N(C)CC(C)(C)C)cc1. The quantitative estimate of drug-likeness (QED) is 0.471. The first-order valence-electron chi connectivity index (χ1n) is 12.3. The Morgan fingerprint density at radius 1 is 0.889 bits per heavy atom. The highest BCUT2D eigenvalue weighted by molar-refractivity contribution is 5.98. The van der Waals surface area contributed by atoms with Crippen molar-refractivity contribution in [3.8, 4) is 0 Å². The van der Waals surface area contributed by atoms with Crippen LogP contribution < -0.4 is 16.0 Å². The second-order valence-corrected chi connectivity index (χ2v) is 11.8. The molecule has 1 aromatic rings. The van der Waals surface area contributed by atoms with Crippen LogP contribution in [-0.2, 0) is 25.7 Å². The van der Waals surface area contributed by atoms with Crippen LogP contribution in [0.15, 0.2) is 24.3 Å². The molecule has 0 spiro atoms. The molecule has 202 valence electrons. The Bertz CT molecular complexity index is 914. The van der Waals surface area contributed by atoms with Gasteiger partial charge in [0.25, 0.3) is 0 Å². The normalized spacial score (nSPS) is 13.4. The highest BCUT2D eigenvalue weighted by atomic mass is 16.6. The lowest BCUT2D eigenvalue weighted by molar-refractivity contribution is -0.135. The summed E-state index contributed by atoms with van der Waals surface area (Å²) in [6.07, 6.45) is -0.398. The monoisotopic (exact) mass is 504 g/mol. The maximum Gasteiger partial charge on any atom is 0.409 e. The number of carbonyl (C=O) groups is 4. The van der Waals surface area contributed by atoms with E-state index < -0.39 is 35.4 Å². The van der Waals surface area contributed by atoms with E-state index in [-0.39, 0.29) is 23.8 Å². The number of nitrogens with one attached hydrogen (secondary N) is 3. The fraction of sp³-hybridized carbons (Fsp3) is 0.630. The molecule has 0 fully saturated rings. The van der Waals surface area contributed by atoms with Gasteiger partial charge in [-0.2, -0.15) is 0 Å². The molecule has 1 aromatic carbocycles. The summed E-state index contributed by atoms with van der Waals surface area (Å²) in [5, 5.41) is 8.21. The first kappa shape index (κ1) is 30.9. The Kier molecular flexibility index (Phi) is 10.9. The third kappa shape index (κ3) is 10.7. The molecule has 0 aliphatic carbocycles. The van der Waals surface area contributed by atoms with E-state index in [0.29, 0.717) is 12.2 Å². The zero-order chi connectivity index (χ0) is 27.8. The molecule has 0 heterocycles. The number of anilines is 1. The summed E-state index contributed by atoms with van der Waals surface area (Å²) in [6, 6.07) is 5.35. The molecule has 4 amide bonds. The summed E-state index contributed by atoms with van der Waals surface area (Å²) < 4.78 is 5.35. The molecule has 0 saturated carbocycles. The Labute approximate surface area is 215 Å². The lowest BCUT2D eigenvalue weighted by Gasteiger charge is -2.27. The first-order valence-corrected chi connectivity index (χ1v) is 12.3. The average Bonchev–Trinajstić information content (AvgIpc) is 2.74. The van der Waals surface area contributed by atoms with E-state index in [0.717, 1.165) is 5.56 Å². The number of rotatable bonds is 9. The van der Waals surface area contributed by atoms with Gasteiger partial charge in [-0.3, -0.25) is 14.4 Å². The van der Waals surface area contributed by atoms with E-state index in [2.05, 4.69) is 16.0 Å². The number of benzene rings is 1. The van der Waals surface area contributed by atoms with Crippen LogP contribution in [0.3, 0.4) is 0 Å². The summed E-state index contributed by atoms with van der Waals surface area (Å²) in [5.41, 5.74) is 0.660. The molecule has 0 bridgehead atoms. The number of nitrogens with zero attached hydrogens (tertiary/aromatic N) is 1. The number of carbonyl (C=O) groups excluding carboxylic acids is 4. The van der Waals surface area contributed by atoms with Crippen molar-refractivity contribution in [1.29, 1.82) is 0 Å². The molecular formula is C27H44N4O5. The van der Waals surface area contributed by atoms with Crippen LogP contribution in [0.4, 0.5) is 10.5 Å². The maximum absolute atomic E-state index is 12.8. The minimum Gasteiger partial charge on any atom is -0.445 e. The predicted molar refractivity (Wildman–Crippen MR) is 141 cm³/mol. The zero-order valence-corrected chi connectivity index (χ0v) is 23.4. The van der Waals surface area contributed by atoms with Crippen LogP contribution in [0.2, 0.25) is 0 Å². The molecule has 0 aliphatic rings. The minimum atomic E-state index is -0.815. The van der Waals surface area contributed by atoms with Crippen LogP contribution in [0.1, 0.15) is 67.9 Å².